The van der Waals surface area contributed by atoms with E-state index in [4.69, 9.17) is 8.60 Å². The van der Waals surface area contributed by atoms with E-state index >= 15 is 0 Å². The second kappa shape index (κ2) is 11.1. The van der Waals surface area contributed by atoms with Gasteiger partial charge in [0.2, 0.25) is 5.91 Å². The highest BCUT2D eigenvalue weighted by Crippen LogP contribution is 2.26. The van der Waals surface area contributed by atoms with E-state index in [1.54, 1.807) is 30.3 Å². The average Bonchev–Trinajstić information content (AvgIpc) is 3.37. The lowest BCUT2D eigenvalue weighted by Crippen LogP contribution is -2.30. The summed E-state index contributed by atoms with van der Waals surface area (Å²) in [4.78, 5) is 25.8. The molecular formula is C27H23FN2O6S. The lowest BCUT2D eigenvalue weighted by molar-refractivity contribution is -0.114. The molecule has 0 saturated heterocycles. The minimum absolute atomic E-state index is 0.0323. The highest BCUT2D eigenvalue weighted by Gasteiger charge is 2.23. The fourth-order valence-corrected chi connectivity index (χ4v) is 4.55. The number of benzene rings is 3. The number of carbonyl (C=O) groups is 2. The van der Waals surface area contributed by atoms with Crippen LogP contribution in [0.25, 0.3) is 0 Å². The molecule has 0 aliphatic carbocycles. The van der Waals surface area contributed by atoms with Gasteiger partial charge in [-0.25, -0.2) is 4.39 Å². The summed E-state index contributed by atoms with van der Waals surface area (Å²) in [5.74, 6) is -0.780. The van der Waals surface area contributed by atoms with Gasteiger partial charge >= 0.3 is 10.1 Å². The van der Waals surface area contributed by atoms with Gasteiger partial charge in [-0.15, -0.1) is 0 Å². The van der Waals surface area contributed by atoms with Crippen molar-refractivity contribution in [1.82, 2.24) is 4.90 Å². The van der Waals surface area contributed by atoms with Crippen LogP contribution in [0.5, 0.6) is 5.75 Å². The molecule has 10 heteroatoms. The third-order valence-electron chi connectivity index (χ3n) is 5.28. The molecule has 0 spiro atoms. The van der Waals surface area contributed by atoms with E-state index in [9.17, 15) is 22.4 Å². The Bertz CT molecular complexity index is 1500. The van der Waals surface area contributed by atoms with E-state index in [0.717, 1.165) is 6.07 Å². The number of carbonyl (C=O) groups excluding carboxylic acids is 2. The normalized spacial score (nSPS) is 11.1. The Morgan fingerprint density at radius 1 is 0.946 bits per heavy atom. The van der Waals surface area contributed by atoms with Crippen molar-refractivity contribution in [1.29, 1.82) is 0 Å². The number of halogens is 1. The van der Waals surface area contributed by atoms with Crippen molar-refractivity contribution in [3.8, 4) is 5.75 Å². The first kappa shape index (κ1) is 25.6. The largest absolute Gasteiger partial charge is 0.467 e. The summed E-state index contributed by atoms with van der Waals surface area (Å²) in [6.45, 7) is 1.37. The Labute approximate surface area is 213 Å². The van der Waals surface area contributed by atoms with E-state index in [1.165, 1.54) is 66.6 Å². The van der Waals surface area contributed by atoms with E-state index in [1.807, 2.05) is 0 Å². The van der Waals surface area contributed by atoms with Gasteiger partial charge in [-0.1, -0.05) is 24.3 Å². The number of nitrogens with one attached hydrogen (secondary N) is 1. The van der Waals surface area contributed by atoms with Gasteiger partial charge in [0, 0.05) is 23.7 Å². The van der Waals surface area contributed by atoms with Crippen LogP contribution in [0.2, 0.25) is 0 Å². The first-order chi connectivity index (χ1) is 17.7. The number of anilines is 1. The van der Waals surface area contributed by atoms with Gasteiger partial charge in [-0.2, -0.15) is 8.42 Å². The maximum Gasteiger partial charge on any atom is 0.339 e. The number of nitrogens with zero attached hydrogens (tertiary/aromatic N) is 1. The highest BCUT2D eigenvalue weighted by molar-refractivity contribution is 7.87. The molecule has 190 valence electrons. The van der Waals surface area contributed by atoms with Crippen molar-refractivity contribution in [2.45, 2.75) is 24.9 Å². The van der Waals surface area contributed by atoms with E-state index in [2.05, 4.69) is 5.32 Å². The smallest absolute Gasteiger partial charge is 0.339 e. The molecule has 1 N–H and O–H groups in total. The predicted molar refractivity (Wildman–Crippen MR) is 134 cm³/mol. The molecule has 0 aliphatic rings. The van der Waals surface area contributed by atoms with Gasteiger partial charge < -0.3 is 18.8 Å². The van der Waals surface area contributed by atoms with Crippen molar-refractivity contribution in [3.05, 3.63) is 114 Å². The molecule has 8 nitrogen and oxygen atoms in total. The molecule has 0 radical (unpaired) electrons. The lowest BCUT2D eigenvalue weighted by Gasteiger charge is -2.23. The molecule has 0 fully saturated rings. The number of hydrogen-bond donors (Lipinski definition) is 1. The first-order valence-electron chi connectivity index (χ1n) is 11.2. The number of furan rings is 1. The fraction of sp³-hybridized carbons (Fsp3) is 0.111. The van der Waals surface area contributed by atoms with Crippen LogP contribution in [0.1, 0.15) is 28.6 Å². The summed E-state index contributed by atoms with van der Waals surface area (Å²) in [5, 5.41) is 2.57. The summed E-state index contributed by atoms with van der Waals surface area (Å²) >= 11 is 0. The minimum Gasteiger partial charge on any atom is -0.467 e. The predicted octanol–water partition coefficient (Wildman–Crippen LogP) is 4.99. The molecule has 37 heavy (non-hydrogen) atoms. The van der Waals surface area contributed by atoms with Crippen LogP contribution in [0.15, 0.2) is 101 Å². The molecule has 4 rings (SSSR count). The molecule has 0 unspecified atom stereocenters. The molecule has 0 atom stereocenters. The number of amides is 2. The Morgan fingerprint density at radius 3 is 2.38 bits per heavy atom. The zero-order valence-corrected chi connectivity index (χ0v) is 20.6. The van der Waals surface area contributed by atoms with Crippen LogP contribution in [-0.4, -0.2) is 25.1 Å². The van der Waals surface area contributed by atoms with Crippen LogP contribution in [0, 0.1) is 5.82 Å². The minimum atomic E-state index is -4.23. The fourth-order valence-electron chi connectivity index (χ4n) is 3.59. The van der Waals surface area contributed by atoms with Crippen molar-refractivity contribution >= 4 is 27.6 Å². The summed E-state index contributed by atoms with van der Waals surface area (Å²) in [6.07, 6.45) is 1.47. The molecule has 3 aromatic carbocycles. The zero-order valence-electron chi connectivity index (χ0n) is 19.8. The molecule has 4 aromatic rings. The summed E-state index contributed by atoms with van der Waals surface area (Å²) < 4.78 is 50.6. The highest BCUT2D eigenvalue weighted by atomic mass is 32.2. The van der Waals surface area contributed by atoms with Crippen LogP contribution < -0.4 is 9.50 Å². The van der Waals surface area contributed by atoms with Gasteiger partial charge in [-0.3, -0.25) is 9.59 Å². The number of para-hydroxylation sites is 1. The van der Waals surface area contributed by atoms with Gasteiger partial charge in [0.25, 0.3) is 5.91 Å². The quantitative estimate of drug-likeness (QED) is 0.311. The molecule has 1 heterocycles. The van der Waals surface area contributed by atoms with E-state index < -0.39 is 21.8 Å². The topological polar surface area (TPSA) is 106 Å². The van der Waals surface area contributed by atoms with Gasteiger partial charge in [0.05, 0.1) is 19.4 Å². The molecule has 0 bridgehead atoms. The van der Waals surface area contributed by atoms with Crippen molar-refractivity contribution in [2.75, 3.05) is 5.32 Å². The third-order valence-corrected chi connectivity index (χ3v) is 6.53. The summed E-state index contributed by atoms with van der Waals surface area (Å²) in [5.41, 5.74) is 0.991. The monoisotopic (exact) mass is 522 g/mol. The van der Waals surface area contributed by atoms with Crippen molar-refractivity contribution < 1.29 is 31.0 Å². The number of rotatable bonds is 9. The van der Waals surface area contributed by atoms with Crippen LogP contribution in [-0.2, 0) is 28.0 Å². The molecule has 0 saturated carbocycles. The Balaban J connectivity index is 1.60. The first-order valence-corrected chi connectivity index (χ1v) is 12.6. The van der Waals surface area contributed by atoms with Gasteiger partial charge in [0.1, 0.15) is 22.2 Å². The SMILES string of the molecule is CC(=O)Nc1ccc(S(=O)(=O)Oc2ccccc2CN(Cc2ccco2)C(=O)c2cccc(F)c2)cc1. The lowest BCUT2D eigenvalue weighted by atomic mass is 10.1. The second-order valence-electron chi connectivity index (χ2n) is 8.10. The number of hydrogen-bond acceptors (Lipinski definition) is 6. The van der Waals surface area contributed by atoms with Crippen molar-refractivity contribution in [2.24, 2.45) is 0 Å². The standard InChI is InChI=1S/C27H23FN2O6S/c1-19(31)29-23-11-13-25(14-12-23)37(33,34)36-26-10-3-2-6-21(26)17-30(18-24-9-5-15-35-24)27(32)20-7-4-8-22(28)16-20/h2-16H,17-18H2,1H3,(H,29,31). The third kappa shape index (κ3) is 6.62. The Morgan fingerprint density at radius 2 is 1.70 bits per heavy atom. The van der Waals surface area contributed by atoms with E-state index in [0.29, 0.717) is 17.0 Å². The Kier molecular flexibility index (Phi) is 7.69. The van der Waals surface area contributed by atoms with Gasteiger partial charge in [0.15, 0.2) is 0 Å². The maximum atomic E-state index is 13.8. The average molecular weight is 523 g/mol. The van der Waals surface area contributed by atoms with Gasteiger partial charge in [-0.05, 0) is 60.7 Å². The molecule has 1 aromatic heterocycles. The van der Waals surface area contributed by atoms with E-state index in [-0.39, 0.29) is 35.2 Å². The van der Waals surface area contributed by atoms with Crippen LogP contribution >= 0.6 is 0 Å². The second-order valence-corrected chi connectivity index (χ2v) is 9.65. The zero-order chi connectivity index (χ0) is 26.4. The van der Waals surface area contributed by atoms with Crippen molar-refractivity contribution in [3.63, 3.8) is 0 Å². The molecule has 2 amide bonds. The van der Waals surface area contributed by atoms with Crippen LogP contribution in [0.4, 0.5) is 10.1 Å². The molecule has 0 aliphatic heterocycles. The summed E-state index contributed by atoms with van der Waals surface area (Å²) in [7, 11) is -4.23. The maximum absolute atomic E-state index is 13.8. The summed E-state index contributed by atoms with van der Waals surface area (Å²) in [6, 6.07) is 20.7. The van der Waals surface area contributed by atoms with Crippen LogP contribution in [0.3, 0.4) is 0 Å². The molecular weight excluding hydrogens is 499 g/mol. The Hall–Kier alpha value is -4.44.